The van der Waals surface area contributed by atoms with E-state index in [2.05, 4.69) is 45.5 Å². The molecule has 1 amide bonds. The molecule has 0 spiro atoms. The minimum Gasteiger partial charge on any atom is -0.345 e. The smallest absolute Gasteiger partial charge is 0.275 e. The van der Waals surface area contributed by atoms with Crippen LogP contribution < -0.4 is 15.5 Å². The number of amides is 1. The summed E-state index contributed by atoms with van der Waals surface area (Å²) in [7, 11) is 4.29. The third-order valence-corrected chi connectivity index (χ3v) is 6.19. The molecule has 2 aliphatic rings. The molecule has 2 rings (SSSR count). The van der Waals surface area contributed by atoms with Crippen LogP contribution in [0.15, 0.2) is 0 Å². The maximum atomic E-state index is 12.3. The van der Waals surface area contributed by atoms with E-state index in [0.29, 0.717) is 12.5 Å². The fourth-order valence-corrected chi connectivity index (χ4v) is 4.34. The van der Waals surface area contributed by atoms with E-state index >= 15 is 0 Å². The van der Waals surface area contributed by atoms with Crippen molar-refractivity contribution in [2.75, 3.05) is 33.7 Å². The first kappa shape index (κ1) is 15.8. The molecule has 2 aliphatic carbocycles. The lowest BCUT2D eigenvalue weighted by atomic mass is 9.64. The summed E-state index contributed by atoms with van der Waals surface area (Å²) in [6, 6.07) is 0. The van der Waals surface area contributed by atoms with Crippen LogP contribution in [0.4, 0.5) is 0 Å². The first-order valence-corrected chi connectivity index (χ1v) is 8.19. The summed E-state index contributed by atoms with van der Waals surface area (Å²) in [5, 5.41) is 5.52. The Balaban J connectivity index is 1.84. The number of nitrogens with two attached hydrogens (primary N) is 1. The van der Waals surface area contributed by atoms with Crippen molar-refractivity contribution in [2.24, 2.45) is 17.3 Å². The molecule has 3 atom stereocenters. The quantitative estimate of drug-likeness (QED) is 0.540. The zero-order valence-electron chi connectivity index (χ0n) is 13.9. The Bertz CT molecular complexity index is 367. The van der Waals surface area contributed by atoms with Crippen molar-refractivity contribution in [3.8, 4) is 0 Å². The molecule has 20 heavy (non-hydrogen) atoms. The molecule has 0 heterocycles. The molecule has 0 radical (unpaired) electrons. The molecule has 0 aromatic heterocycles. The van der Waals surface area contributed by atoms with Crippen molar-refractivity contribution in [1.82, 2.24) is 5.32 Å². The van der Waals surface area contributed by atoms with Gasteiger partial charge in [0.25, 0.3) is 5.91 Å². The average molecular weight is 283 g/mol. The van der Waals surface area contributed by atoms with Crippen molar-refractivity contribution >= 4 is 5.91 Å². The molecule has 4 N–H and O–H groups in total. The number of carbonyl (C=O) groups excluding carboxylic acids is 1. The number of rotatable bonds is 6. The number of hydrogen-bond donors (Lipinski definition) is 3. The van der Waals surface area contributed by atoms with Gasteiger partial charge in [0.2, 0.25) is 0 Å². The number of carbonyl (C=O) groups is 1. The van der Waals surface area contributed by atoms with Gasteiger partial charge >= 0.3 is 0 Å². The molecule has 0 unspecified atom stereocenters. The number of hydrogen-bond acceptors (Lipinski definition) is 1. The fourth-order valence-electron chi connectivity index (χ4n) is 4.34. The van der Waals surface area contributed by atoms with Gasteiger partial charge in [-0.25, -0.2) is 0 Å². The Labute approximate surface area is 123 Å². The van der Waals surface area contributed by atoms with Gasteiger partial charge in [-0.2, -0.15) is 0 Å². The minimum absolute atomic E-state index is 0.00631. The van der Waals surface area contributed by atoms with Gasteiger partial charge < -0.3 is 15.5 Å². The molecule has 4 nitrogen and oxygen atoms in total. The molecule has 2 saturated carbocycles. The second kappa shape index (κ2) is 5.64. The number of quaternary nitrogens is 2. The molecule has 2 bridgehead atoms. The molecule has 0 saturated heterocycles. The lowest BCUT2D eigenvalue weighted by molar-refractivity contribution is -0.873. The fraction of sp³-hybridized carbons (Fsp3) is 0.938. The van der Waals surface area contributed by atoms with E-state index in [0.717, 1.165) is 19.0 Å². The van der Waals surface area contributed by atoms with Crippen molar-refractivity contribution in [1.29, 1.82) is 0 Å². The third kappa shape index (κ3) is 2.73. The average Bonchev–Trinajstić information content (AvgIpc) is 2.89. The zero-order chi connectivity index (χ0) is 15.0. The minimum atomic E-state index is -0.00631. The van der Waals surface area contributed by atoms with E-state index in [9.17, 15) is 4.79 Å². The molecule has 2 fully saturated rings. The lowest BCUT2D eigenvalue weighted by Crippen LogP contribution is -3.09. The lowest BCUT2D eigenvalue weighted by Gasteiger charge is -2.48. The molecule has 0 aliphatic heterocycles. The summed E-state index contributed by atoms with van der Waals surface area (Å²) >= 11 is 0. The third-order valence-electron chi connectivity index (χ3n) is 6.19. The Hall–Kier alpha value is -0.610. The van der Waals surface area contributed by atoms with Crippen LogP contribution in [-0.4, -0.2) is 45.2 Å². The van der Waals surface area contributed by atoms with Crippen molar-refractivity contribution in [3.05, 3.63) is 0 Å². The van der Waals surface area contributed by atoms with Gasteiger partial charge in [0.05, 0.1) is 14.1 Å². The molecular weight excluding hydrogens is 250 g/mol. The highest BCUT2D eigenvalue weighted by Gasteiger charge is 2.60. The van der Waals surface area contributed by atoms with E-state index in [-0.39, 0.29) is 16.9 Å². The molecule has 4 heteroatoms. The summed E-state index contributed by atoms with van der Waals surface area (Å²) in [4.78, 5) is 13.7. The Morgan fingerprint density at radius 3 is 2.45 bits per heavy atom. The number of likely N-dealkylation sites (N-methyl/N-ethyl adjacent to an activating group) is 1. The van der Waals surface area contributed by atoms with Gasteiger partial charge in [-0.05, 0) is 43.4 Å². The van der Waals surface area contributed by atoms with Crippen molar-refractivity contribution in [2.45, 2.75) is 45.6 Å². The van der Waals surface area contributed by atoms with Crippen LogP contribution >= 0.6 is 0 Å². The monoisotopic (exact) mass is 283 g/mol. The largest absolute Gasteiger partial charge is 0.345 e. The Morgan fingerprint density at radius 2 is 1.90 bits per heavy atom. The van der Waals surface area contributed by atoms with Gasteiger partial charge in [-0.15, -0.1) is 0 Å². The summed E-state index contributed by atoms with van der Waals surface area (Å²) in [5.41, 5.74) is 0.229. The van der Waals surface area contributed by atoms with Gasteiger partial charge in [0.15, 0.2) is 6.54 Å². The highest BCUT2D eigenvalue weighted by Crippen LogP contribution is 2.61. The first-order chi connectivity index (χ1) is 9.27. The van der Waals surface area contributed by atoms with Gasteiger partial charge in [-0.3, -0.25) is 4.79 Å². The summed E-state index contributed by atoms with van der Waals surface area (Å²) < 4.78 is 0. The van der Waals surface area contributed by atoms with Gasteiger partial charge in [0, 0.05) is 5.54 Å². The van der Waals surface area contributed by atoms with Crippen LogP contribution in [0.3, 0.4) is 0 Å². The van der Waals surface area contributed by atoms with Gasteiger partial charge in [-0.1, -0.05) is 13.8 Å². The second-order valence-corrected chi connectivity index (χ2v) is 7.92. The van der Waals surface area contributed by atoms with Gasteiger partial charge in [0.1, 0.15) is 13.1 Å². The van der Waals surface area contributed by atoms with E-state index in [1.54, 1.807) is 0 Å². The molecule has 0 aromatic carbocycles. The molecule has 0 aromatic rings. The predicted octanol–water partition coefficient (Wildman–Crippen LogP) is -0.975. The normalized spacial score (nSPS) is 34.7. The van der Waals surface area contributed by atoms with E-state index in [1.165, 1.54) is 24.2 Å². The first-order valence-electron chi connectivity index (χ1n) is 8.19. The van der Waals surface area contributed by atoms with E-state index in [4.69, 9.17) is 0 Å². The summed E-state index contributed by atoms with van der Waals surface area (Å²) in [6.07, 6.45) is 3.94. The maximum absolute atomic E-state index is 12.3. The van der Waals surface area contributed by atoms with Crippen LogP contribution in [0, 0.1) is 17.3 Å². The molecule has 116 valence electrons. The Morgan fingerprint density at radius 1 is 1.25 bits per heavy atom. The maximum Gasteiger partial charge on any atom is 0.275 e. The van der Waals surface area contributed by atoms with Crippen LogP contribution in [-0.2, 0) is 4.79 Å². The summed E-state index contributed by atoms with van der Waals surface area (Å²) in [6.45, 7) is 9.64. The topological polar surface area (TPSA) is 50.2 Å². The Kier molecular flexibility index (Phi) is 4.45. The van der Waals surface area contributed by atoms with E-state index < -0.39 is 0 Å². The SMILES string of the molecule is C[NH+](C)CC[NH2+]CC(=O)N[C@]1(C)[C@H]2CC[C@H](C2)C1(C)C. The van der Waals surface area contributed by atoms with Crippen LogP contribution in [0.5, 0.6) is 0 Å². The van der Waals surface area contributed by atoms with Crippen LogP contribution in [0.25, 0.3) is 0 Å². The van der Waals surface area contributed by atoms with Crippen LogP contribution in [0.1, 0.15) is 40.0 Å². The number of nitrogens with one attached hydrogen (secondary N) is 2. The van der Waals surface area contributed by atoms with Crippen molar-refractivity contribution < 1.29 is 15.0 Å². The van der Waals surface area contributed by atoms with E-state index in [1.807, 2.05) is 0 Å². The highest BCUT2D eigenvalue weighted by atomic mass is 16.2. The predicted molar refractivity (Wildman–Crippen MR) is 80.5 cm³/mol. The van der Waals surface area contributed by atoms with Crippen LogP contribution in [0.2, 0.25) is 0 Å². The zero-order valence-corrected chi connectivity index (χ0v) is 13.9. The highest BCUT2D eigenvalue weighted by molar-refractivity contribution is 5.77. The second-order valence-electron chi connectivity index (χ2n) is 7.92. The molecular formula is C16H33N3O+2. The standard InChI is InChI=1S/C16H31N3O/c1-15(2)12-6-7-13(10-12)16(15,3)18-14(20)11-17-8-9-19(4)5/h12-13,17H,6-11H2,1-5H3,(H,18,20)/p+2/t12-,13+,16-/m1/s1. The summed E-state index contributed by atoms with van der Waals surface area (Å²) in [5.74, 6) is 1.68. The number of fused-ring (bicyclic) bond motifs is 2. The van der Waals surface area contributed by atoms with Crippen molar-refractivity contribution in [3.63, 3.8) is 0 Å².